The molecule has 1 amide bonds. The Hall–Kier alpha value is -2.51. The Kier molecular flexibility index (Phi) is 8.30. The van der Waals surface area contributed by atoms with E-state index in [-0.39, 0.29) is 17.9 Å². The van der Waals surface area contributed by atoms with Crippen LogP contribution in [0.25, 0.3) is 0 Å². The van der Waals surface area contributed by atoms with Crippen LogP contribution in [-0.2, 0) is 19.5 Å². The number of halogens is 1. The van der Waals surface area contributed by atoms with Crippen molar-refractivity contribution in [2.75, 3.05) is 37.9 Å². The summed E-state index contributed by atoms with van der Waals surface area (Å²) in [6, 6.07) is 6.50. The summed E-state index contributed by atoms with van der Waals surface area (Å²) in [5, 5.41) is 6.73. The molecule has 0 unspecified atom stereocenters. The molecule has 1 aromatic heterocycles. The van der Waals surface area contributed by atoms with Gasteiger partial charge in [0.2, 0.25) is 0 Å². The third-order valence-corrected chi connectivity index (χ3v) is 8.27. The smallest absolute Gasteiger partial charge is 0.251 e. The molecule has 8 heteroatoms. The normalized spacial score (nSPS) is 19.3. The molecule has 1 saturated carbocycles. The summed E-state index contributed by atoms with van der Waals surface area (Å²) >= 11 is 6.55. The van der Waals surface area contributed by atoms with Gasteiger partial charge in [0.1, 0.15) is 5.82 Å². The number of rotatable bonds is 8. The number of pyridine rings is 1. The number of fused-ring (bicyclic) bond motifs is 1. The summed E-state index contributed by atoms with van der Waals surface area (Å²) in [4.78, 5) is 30.9. The van der Waals surface area contributed by atoms with Gasteiger partial charge in [-0.25, -0.2) is 0 Å². The third-order valence-electron chi connectivity index (χ3n) is 8.05. The van der Waals surface area contributed by atoms with Gasteiger partial charge in [-0.2, -0.15) is 0 Å². The molecule has 0 spiro atoms. The summed E-state index contributed by atoms with van der Waals surface area (Å²) in [6.07, 6.45) is 6.53. The van der Waals surface area contributed by atoms with Crippen molar-refractivity contribution in [2.24, 2.45) is 0 Å². The molecule has 1 aliphatic carbocycles. The Morgan fingerprint density at radius 3 is 2.47 bits per heavy atom. The van der Waals surface area contributed by atoms with Crippen LogP contribution in [0.5, 0.6) is 0 Å². The topological polar surface area (TPSA) is 69.6 Å². The number of benzene rings is 1. The highest BCUT2D eigenvalue weighted by molar-refractivity contribution is 6.31. The van der Waals surface area contributed by atoms with E-state index >= 15 is 0 Å². The molecule has 2 heterocycles. The van der Waals surface area contributed by atoms with Gasteiger partial charge in [0.15, 0.2) is 5.43 Å². The van der Waals surface area contributed by atoms with E-state index in [9.17, 15) is 9.59 Å². The van der Waals surface area contributed by atoms with Crippen molar-refractivity contribution in [2.45, 2.75) is 77.5 Å². The van der Waals surface area contributed by atoms with Gasteiger partial charge in [0.05, 0.1) is 12.1 Å². The average molecular weight is 514 g/mol. The van der Waals surface area contributed by atoms with Crippen molar-refractivity contribution in [3.63, 3.8) is 0 Å². The standard InChI is InChI=1S/C28H40ClN5O2/c1-6-33(21-11-9-20(10-12-21)32(4)5)25-15-19(29)14-23(18(25)2)28(36)31-17-24-26(35)16-22-8-7-13-34(22)27(24)30-3/h14-16,20-21,30H,6-13,17H2,1-5H3,(H,31,36). The lowest BCUT2D eigenvalue weighted by molar-refractivity contribution is 0.0950. The second kappa shape index (κ2) is 11.3. The summed E-state index contributed by atoms with van der Waals surface area (Å²) < 4.78 is 2.15. The number of carbonyl (C=O) groups excluding carboxylic acids is 1. The molecule has 0 bridgehead atoms. The number of nitrogens with one attached hydrogen (secondary N) is 2. The fraction of sp³-hybridized carbons (Fsp3) is 0.571. The minimum absolute atomic E-state index is 0.0400. The van der Waals surface area contributed by atoms with Gasteiger partial charge in [-0.05, 0) is 84.2 Å². The first-order chi connectivity index (χ1) is 17.2. The summed E-state index contributed by atoms with van der Waals surface area (Å²) in [6.45, 7) is 6.07. The van der Waals surface area contributed by atoms with Crippen LogP contribution in [0, 0.1) is 6.92 Å². The predicted molar refractivity (Wildman–Crippen MR) is 149 cm³/mol. The molecule has 1 aliphatic heterocycles. The molecule has 2 aromatic rings. The first-order valence-electron chi connectivity index (χ1n) is 13.2. The Balaban J connectivity index is 1.55. The molecular formula is C28H40ClN5O2. The number of aromatic nitrogens is 1. The van der Waals surface area contributed by atoms with Crippen LogP contribution >= 0.6 is 11.6 Å². The number of aryl methyl sites for hydroxylation is 1. The maximum Gasteiger partial charge on any atom is 0.251 e. The van der Waals surface area contributed by atoms with E-state index in [0.717, 1.165) is 61.5 Å². The molecule has 0 radical (unpaired) electrons. The minimum Gasteiger partial charge on any atom is -0.374 e. The molecule has 196 valence electrons. The molecule has 4 rings (SSSR count). The highest BCUT2D eigenvalue weighted by atomic mass is 35.5. The van der Waals surface area contributed by atoms with Crippen LogP contribution in [0.3, 0.4) is 0 Å². The zero-order valence-electron chi connectivity index (χ0n) is 22.3. The van der Waals surface area contributed by atoms with Crippen molar-refractivity contribution in [1.82, 2.24) is 14.8 Å². The Labute approximate surface area is 219 Å². The molecule has 0 saturated heterocycles. The molecule has 1 fully saturated rings. The maximum atomic E-state index is 13.4. The number of amides is 1. The number of anilines is 2. The second-order valence-corrected chi connectivity index (χ2v) is 10.8. The Morgan fingerprint density at radius 1 is 1.14 bits per heavy atom. The van der Waals surface area contributed by atoms with Crippen LogP contribution in [0.1, 0.15) is 66.2 Å². The second-order valence-electron chi connectivity index (χ2n) is 10.3. The zero-order valence-corrected chi connectivity index (χ0v) is 23.0. The Bertz CT molecular complexity index is 1170. The Morgan fingerprint density at radius 2 is 1.83 bits per heavy atom. The van der Waals surface area contributed by atoms with E-state index in [0.29, 0.717) is 28.2 Å². The van der Waals surface area contributed by atoms with Gasteiger partial charge in [0, 0.05) is 60.3 Å². The first kappa shape index (κ1) is 26.6. The van der Waals surface area contributed by atoms with Gasteiger partial charge in [-0.15, -0.1) is 0 Å². The van der Waals surface area contributed by atoms with E-state index in [2.05, 4.69) is 46.0 Å². The molecule has 1 aromatic carbocycles. The number of nitrogens with zero attached hydrogens (tertiary/aromatic N) is 3. The molecular weight excluding hydrogens is 474 g/mol. The van der Waals surface area contributed by atoms with E-state index in [1.807, 2.05) is 20.0 Å². The number of carbonyl (C=O) groups is 1. The summed E-state index contributed by atoms with van der Waals surface area (Å²) in [5.74, 6) is 0.583. The van der Waals surface area contributed by atoms with E-state index in [1.165, 1.54) is 12.8 Å². The van der Waals surface area contributed by atoms with Gasteiger partial charge < -0.3 is 25.0 Å². The zero-order chi connectivity index (χ0) is 26.0. The van der Waals surface area contributed by atoms with Crippen molar-refractivity contribution in [3.8, 4) is 0 Å². The van der Waals surface area contributed by atoms with Gasteiger partial charge in [-0.3, -0.25) is 9.59 Å². The van der Waals surface area contributed by atoms with Crippen molar-refractivity contribution in [1.29, 1.82) is 0 Å². The monoisotopic (exact) mass is 513 g/mol. The number of hydrogen-bond donors (Lipinski definition) is 2. The minimum atomic E-state index is -0.212. The van der Waals surface area contributed by atoms with E-state index < -0.39 is 0 Å². The van der Waals surface area contributed by atoms with Crippen LogP contribution in [-0.4, -0.2) is 55.1 Å². The molecule has 0 atom stereocenters. The lowest BCUT2D eigenvalue weighted by Gasteiger charge is -2.40. The number of hydrogen-bond acceptors (Lipinski definition) is 5. The van der Waals surface area contributed by atoms with Crippen molar-refractivity contribution < 1.29 is 4.79 Å². The summed E-state index contributed by atoms with van der Waals surface area (Å²) in [5.41, 5.74) is 4.11. The highest BCUT2D eigenvalue weighted by Gasteiger charge is 2.28. The van der Waals surface area contributed by atoms with Crippen molar-refractivity contribution in [3.05, 3.63) is 55.8 Å². The molecule has 7 nitrogen and oxygen atoms in total. The van der Waals surface area contributed by atoms with E-state index in [4.69, 9.17) is 11.6 Å². The summed E-state index contributed by atoms with van der Waals surface area (Å²) in [7, 11) is 6.14. The predicted octanol–water partition coefficient (Wildman–Crippen LogP) is 4.43. The van der Waals surface area contributed by atoms with Crippen LogP contribution in [0.15, 0.2) is 23.0 Å². The van der Waals surface area contributed by atoms with Crippen LogP contribution < -0.4 is 21.0 Å². The van der Waals surface area contributed by atoms with E-state index in [1.54, 1.807) is 12.1 Å². The lowest BCUT2D eigenvalue weighted by atomic mass is 9.89. The maximum absolute atomic E-state index is 13.4. The van der Waals surface area contributed by atoms with Crippen molar-refractivity contribution >= 4 is 29.0 Å². The quantitative estimate of drug-likeness (QED) is 0.546. The molecule has 2 N–H and O–H groups in total. The fourth-order valence-corrected chi connectivity index (χ4v) is 6.26. The lowest BCUT2D eigenvalue weighted by Crippen LogP contribution is -2.42. The SMILES string of the molecule is CCN(c1cc(Cl)cc(C(=O)NCc2c(NC)n3c(cc2=O)CCC3)c1C)C1CCC(N(C)C)CC1. The fourth-order valence-electron chi connectivity index (χ4n) is 6.05. The largest absolute Gasteiger partial charge is 0.374 e. The van der Waals surface area contributed by atoms with Crippen LogP contribution in [0.2, 0.25) is 5.02 Å². The van der Waals surface area contributed by atoms with Gasteiger partial charge >= 0.3 is 0 Å². The molecule has 2 aliphatic rings. The highest BCUT2D eigenvalue weighted by Crippen LogP contribution is 2.34. The van der Waals surface area contributed by atoms with Gasteiger partial charge in [-0.1, -0.05) is 11.6 Å². The third kappa shape index (κ3) is 5.28. The van der Waals surface area contributed by atoms with Gasteiger partial charge in [0.25, 0.3) is 5.91 Å². The molecule has 36 heavy (non-hydrogen) atoms. The average Bonchev–Trinajstić information content (AvgIpc) is 3.32. The van der Waals surface area contributed by atoms with Crippen LogP contribution in [0.4, 0.5) is 11.5 Å². The first-order valence-corrected chi connectivity index (χ1v) is 13.6.